The van der Waals surface area contributed by atoms with Gasteiger partial charge in [0.1, 0.15) is 5.69 Å². The predicted molar refractivity (Wildman–Crippen MR) is 109 cm³/mol. The van der Waals surface area contributed by atoms with Crippen molar-refractivity contribution in [3.63, 3.8) is 0 Å². The fraction of sp³-hybridized carbons (Fsp3) is 0.286. The normalized spacial score (nSPS) is 10.9. The summed E-state index contributed by atoms with van der Waals surface area (Å²) in [6.07, 6.45) is 1.64. The number of hydrogen-bond donors (Lipinski definition) is 0. The van der Waals surface area contributed by atoms with E-state index < -0.39 is 0 Å². The molecule has 0 amide bonds. The van der Waals surface area contributed by atoms with Gasteiger partial charge < -0.3 is 14.4 Å². The molecule has 0 spiro atoms. The Hall–Kier alpha value is -3.03. The lowest BCUT2D eigenvalue weighted by atomic mass is 10.1. The van der Waals surface area contributed by atoms with Gasteiger partial charge in [0.25, 0.3) is 0 Å². The van der Waals surface area contributed by atoms with Crippen molar-refractivity contribution in [1.29, 1.82) is 0 Å². The van der Waals surface area contributed by atoms with E-state index in [0.717, 1.165) is 5.56 Å². The first kappa shape index (κ1) is 19.7. The Balaban J connectivity index is 1.94. The van der Waals surface area contributed by atoms with Crippen LogP contribution in [0.25, 0.3) is 10.9 Å². The Labute approximate surface area is 163 Å². The summed E-state index contributed by atoms with van der Waals surface area (Å²) < 4.78 is 10.6. The lowest BCUT2D eigenvalue weighted by Gasteiger charge is -2.25. The lowest BCUT2D eigenvalue weighted by Crippen LogP contribution is -2.28. The topological polar surface area (TPSA) is 77.7 Å². The number of pyridine rings is 1. The van der Waals surface area contributed by atoms with Crippen molar-refractivity contribution in [1.82, 2.24) is 4.98 Å². The quantitative estimate of drug-likeness (QED) is 0.302. The molecule has 0 aliphatic carbocycles. The van der Waals surface area contributed by atoms with Crippen LogP contribution in [-0.4, -0.2) is 43.4 Å². The van der Waals surface area contributed by atoms with Crippen molar-refractivity contribution < 1.29 is 14.4 Å². The van der Waals surface area contributed by atoms with Gasteiger partial charge in [0.15, 0.2) is 0 Å². The summed E-state index contributed by atoms with van der Waals surface area (Å²) in [6, 6.07) is 16.9. The zero-order valence-electron chi connectivity index (χ0n) is 15.8. The molecule has 0 atom stereocenters. The average molecular weight is 381 g/mol. The maximum absolute atomic E-state index is 11.9. The minimum atomic E-state index is -0.330. The van der Waals surface area contributed by atoms with Crippen molar-refractivity contribution in [2.75, 3.05) is 38.4 Å². The highest BCUT2D eigenvalue weighted by atomic mass is 16.6. The number of anilines is 1. The first-order chi connectivity index (χ1) is 13.7. The van der Waals surface area contributed by atoms with Crippen LogP contribution >= 0.6 is 0 Å². The number of nitro benzene ring substituents is 1. The third kappa shape index (κ3) is 4.82. The molecular formula is C21H23N3O4. The number of nitro groups is 1. The zero-order chi connectivity index (χ0) is 19.8. The highest BCUT2D eigenvalue weighted by Crippen LogP contribution is 2.35. The zero-order valence-corrected chi connectivity index (χ0v) is 15.8. The van der Waals surface area contributed by atoms with Crippen LogP contribution in [0.5, 0.6) is 0 Å². The highest BCUT2D eigenvalue weighted by Gasteiger charge is 2.23. The molecule has 0 unspecified atom stereocenters. The maximum atomic E-state index is 11.9. The smallest absolute Gasteiger partial charge is 0.301 e. The molecule has 146 valence electrons. The number of aromatic nitrogens is 1. The van der Waals surface area contributed by atoms with E-state index in [4.69, 9.17) is 9.47 Å². The fourth-order valence-corrected chi connectivity index (χ4v) is 3.08. The molecule has 7 heteroatoms. The number of nitrogens with zero attached hydrogens (tertiary/aromatic N) is 3. The van der Waals surface area contributed by atoms with Crippen LogP contribution in [0.3, 0.4) is 0 Å². The molecule has 3 aromatic rings. The molecule has 0 aliphatic rings. The minimum absolute atomic E-state index is 0.0680. The van der Waals surface area contributed by atoms with Crippen LogP contribution in [-0.2, 0) is 16.0 Å². The van der Waals surface area contributed by atoms with Crippen molar-refractivity contribution in [2.45, 2.75) is 6.54 Å². The van der Waals surface area contributed by atoms with Gasteiger partial charge in [-0.15, -0.1) is 0 Å². The monoisotopic (exact) mass is 381 g/mol. The molecular weight excluding hydrogens is 358 g/mol. The predicted octanol–water partition coefficient (Wildman–Crippen LogP) is 3.81. The summed E-state index contributed by atoms with van der Waals surface area (Å²) in [5, 5.41) is 12.4. The Kier molecular flexibility index (Phi) is 6.89. The Bertz CT molecular complexity index is 918. The first-order valence-corrected chi connectivity index (χ1v) is 9.08. The van der Waals surface area contributed by atoms with Crippen molar-refractivity contribution in [3.8, 4) is 0 Å². The van der Waals surface area contributed by atoms with Gasteiger partial charge >= 0.3 is 5.69 Å². The van der Waals surface area contributed by atoms with E-state index in [1.807, 2.05) is 41.3 Å². The van der Waals surface area contributed by atoms with Gasteiger partial charge in [0.05, 0.1) is 35.6 Å². The molecule has 0 aliphatic heterocycles. The number of fused-ring (bicyclic) bond motifs is 1. The summed E-state index contributed by atoms with van der Waals surface area (Å²) >= 11 is 0. The van der Waals surface area contributed by atoms with Gasteiger partial charge in [-0.05, 0) is 29.8 Å². The van der Waals surface area contributed by atoms with Gasteiger partial charge in [-0.1, -0.05) is 30.3 Å². The van der Waals surface area contributed by atoms with Crippen LogP contribution < -0.4 is 4.90 Å². The number of ether oxygens (including phenoxy) is 2. The van der Waals surface area contributed by atoms with Crippen LogP contribution in [0.2, 0.25) is 0 Å². The molecule has 0 bridgehead atoms. The molecule has 1 aromatic heterocycles. The first-order valence-electron chi connectivity index (χ1n) is 9.08. The van der Waals surface area contributed by atoms with Gasteiger partial charge in [0, 0.05) is 26.4 Å². The summed E-state index contributed by atoms with van der Waals surface area (Å²) in [5.74, 6) is 0. The largest absolute Gasteiger partial charge is 0.382 e. The van der Waals surface area contributed by atoms with E-state index >= 15 is 0 Å². The van der Waals surface area contributed by atoms with Crippen LogP contribution in [0.4, 0.5) is 11.4 Å². The fourth-order valence-electron chi connectivity index (χ4n) is 3.08. The second-order valence-corrected chi connectivity index (χ2v) is 6.27. The van der Waals surface area contributed by atoms with E-state index in [9.17, 15) is 10.1 Å². The summed E-state index contributed by atoms with van der Waals surface area (Å²) in [4.78, 5) is 17.8. The van der Waals surface area contributed by atoms with Gasteiger partial charge in [-0.25, -0.2) is 0 Å². The van der Waals surface area contributed by atoms with Crippen molar-refractivity contribution >= 4 is 22.3 Å². The molecule has 7 nitrogen and oxygen atoms in total. The highest BCUT2D eigenvalue weighted by molar-refractivity contribution is 5.94. The van der Waals surface area contributed by atoms with Crippen molar-refractivity contribution in [2.24, 2.45) is 0 Å². The number of hydrogen-bond acceptors (Lipinski definition) is 6. The SMILES string of the molecule is COCCOCCN(Cc1ccccc1)c1ccc2ncccc2c1[N+](=O)[O-]. The van der Waals surface area contributed by atoms with E-state index in [1.54, 1.807) is 31.5 Å². The minimum Gasteiger partial charge on any atom is -0.382 e. The van der Waals surface area contributed by atoms with Gasteiger partial charge in [-0.2, -0.15) is 0 Å². The second-order valence-electron chi connectivity index (χ2n) is 6.27. The van der Waals surface area contributed by atoms with Crippen molar-refractivity contribution in [3.05, 3.63) is 76.5 Å². The van der Waals surface area contributed by atoms with E-state index in [0.29, 0.717) is 49.5 Å². The average Bonchev–Trinajstić information content (AvgIpc) is 2.72. The van der Waals surface area contributed by atoms with E-state index in [2.05, 4.69) is 4.98 Å². The summed E-state index contributed by atoms with van der Waals surface area (Å²) in [6.45, 7) is 2.50. The van der Waals surface area contributed by atoms with Crippen LogP contribution in [0.1, 0.15) is 5.56 Å². The Morgan fingerprint density at radius 3 is 2.61 bits per heavy atom. The summed E-state index contributed by atoms with van der Waals surface area (Å²) in [7, 11) is 1.62. The van der Waals surface area contributed by atoms with Crippen LogP contribution in [0.15, 0.2) is 60.8 Å². The molecule has 0 radical (unpaired) electrons. The molecule has 0 saturated heterocycles. The molecule has 0 saturated carbocycles. The third-order valence-corrected chi connectivity index (χ3v) is 4.41. The molecule has 1 heterocycles. The molecule has 0 fully saturated rings. The van der Waals surface area contributed by atoms with E-state index in [1.165, 1.54) is 0 Å². The Morgan fingerprint density at radius 1 is 1.04 bits per heavy atom. The third-order valence-electron chi connectivity index (χ3n) is 4.41. The molecule has 2 aromatic carbocycles. The number of benzene rings is 2. The standard InChI is InChI=1S/C21H23N3O4/c1-27-14-15-28-13-12-23(16-17-6-3-2-4-7-17)20-10-9-19-18(8-5-11-22-19)21(20)24(25)26/h2-11H,12-16H2,1H3. The number of rotatable bonds is 10. The lowest BCUT2D eigenvalue weighted by molar-refractivity contribution is -0.382. The van der Waals surface area contributed by atoms with Crippen LogP contribution in [0, 0.1) is 10.1 Å². The number of methoxy groups -OCH3 is 1. The Morgan fingerprint density at radius 2 is 1.86 bits per heavy atom. The molecule has 28 heavy (non-hydrogen) atoms. The summed E-state index contributed by atoms with van der Waals surface area (Å²) in [5.41, 5.74) is 2.30. The molecule has 3 rings (SSSR count). The molecule has 0 N–H and O–H groups in total. The maximum Gasteiger partial charge on any atom is 0.301 e. The second kappa shape index (κ2) is 9.77. The van der Waals surface area contributed by atoms with E-state index in [-0.39, 0.29) is 10.6 Å². The van der Waals surface area contributed by atoms with Gasteiger partial charge in [-0.3, -0.25) is 15.1 Å². The van der Waals surface area contributed by atoms with Gasteiger partial charge in [0.2, 0.25) is 0 Å².